The van der Waals surface area contributed by atoms with Crippen LogP contribution in [0.2, 0.25) is 0 Å². The molecule has 1 aliphatic carbocycles. The van der Waals surface area contributed by atoms with Crippen molar-refractivity contribution in [2.45, 2.75) is 32.2 Å². The Balaban J connectivity index is 1.45. The van der Waals surface area contributed by atoms with Crippen LogP contribution < -0.4 is 5.32 Å². The highest BCUT2D eigenvalue weighted by atomic mass is 16.5. The van der Waals surface area contributed by atoms with E-state index in [2.05, 4.69) is 20.4 Å². The molecule has 7 heteroatoms. The van der Waals surface area contributed by atoms with Gasteiger partial charge in [0.15, 0.2) is 0 Å². The van der Waals surface area contributed by atoms with Gasteiger partial charge in [-0.2, -0.15) is 0 Å². The summed E-state index contributed by atoms with van der Waals surface area (Å²) in [6.45, 7) is 2.18. The highest BCUT2D eigenvalue weighted by Crippen LogP contribution is 2.40. The minimum atomic E-state index is -0.164. The monoisotopic (exact) mass is 347 g/mol. The quantitative estimate of drug-likeness (QED) is 0.613. The summed E-state index contributed by atoms with van der Waals surface area (Å²) in [5.74, 6) is 0.262. The van der Waals surface area contributed by atoms with Gasteiger partial charge in [0.05, 0.1) is 28.9 Å². The zero-order chi connectivity index (χ0) is 17.7. The highest BCUT2D eigenvalue weighted by Gasteiger charge is 2.28. The normalized spacial score (nSPS) is 14.2. The molecule has 130 valence electrons. The van der Waals surface area contributed by atoms with E-state index < -0.39 is 0 Å². The average Bonchev–Trinajstić information content (AvgIpc) is 3.32. The topological polar surface area (TPSA) is 85.3 Å². The van der Waals surface area contributed by atoms with Crippen molar-refractivity contribution < 1.29 is 9.32 Å². The number of amides is 1. The third-order valence-corrected chi connectivity index (χ3v) is 4.72. The molecule has 4 heterocycles. The van der Waals surface area contributed by atoms with Crippen molar-refractivity contribution in [1.29, 1.82) is 0 Å². The Labute approximate surface area is 149 Å². The summed E-state index contributed by atoms with van der Waals surface area (Å²) >= 11 is 0. The Morgan fingerprint density at radius 1 is 1.35 bits per heavy atom. The van der Waals surface area contributed by atoms with Gasteiger partial charge in [-0.05, 0) is 38.0 Å². The molecule has 1 aliphatic rings. The molecule has 4 aromatic rings. The lowest BCUT2D eigenvalue weighted by molar-refractivity contribution is 0.0952. The molecule has 0 bridgehead atoms. The fraction of sp³-hybridized carbons (Fsp3) is 0.263. The molecule has 1 N–H and O–H groups in total. The fourth-order valence-corrected chi connectivity index (χ4v) is 3.22. The van der Waals surface area contributed by atoms with Crippen LogP contribution >= 0.6 is 0 Å². The Morgan fingerprint density at radius 3 is 3.04 bits per heavy atom. The first-order valence-corrected chi connectivity index (χ1v) is 8.67. The Kier molecular flexibility index (Phi) is 3.28. The number of aromatic nitrogens is 4. The van der Waals surface area contributed by atoms with E-state index >= 15 is 0 Å². The van der Waals surface area contributed by atoms with E-state index in [1.807, 2.05) is 48.0 Å². The van der Waals surface area contributed by atoms with Crippen molar-refractivity contribution in [2.75, 3.05) is 0 Å². The first-order valence-electron chi connectivity index (χ1n) is 8.67. The van der Waals surface area contributed by atoms with Crippen LogP contribution in [0.3, 0.4) is 0 Å². The molecule has 0 aromatic carbocycles. The number of aryl methyl sites for hydroxylation is 1. The minimum Gasteiger partial charge on any atom is -0.346 e. The van der Waals surface area contributed by atoms with Gasteiger partial charge in [0.1, 0.15) is 5.65 Å². The standard InChI is InChI=1S/C19H17N5O2/c1-11-17-14(8-15(12-5-6-12)22-19(17)26-23-11)18(25)20-9-13-10-24-7-3-2-4-16(24)21-13/h2-4,7-8,10,12H,5-6,9H2,1H3,(H,20,25). The second-order valence-electron chi connectivity index (χ2n) is 6.70. The van der Waals surface area contributed by atoms with E-state index in [1.54, 1.807) is 0 Å². The Bertz CT molecular complexity index is 1110. The molecular weight excluding hydrogens is 330 g/mol. The molecule has 1 fully saturated rings. The van der Waals surface area contributed by atoms with E-state index in [4.69, 9.17) is 4.52 Å². The zero-order valence-electron chi connectivity index (χ0n) is 14.3. The van der Waals surface area contributed by atoms with Gasteiger partial charge in [-0.1, -0.05) is 11.2 Å². The maximum atomic E-state index is 12.8. The number of fused-ring (bicyclic) bond motifs is 2. The second-order valence-corrected chi connectivity index (χ2v) is 6.70. The summed E-state index contributed by atoms with van der Waals surface area (Å²) in [6.07, 6.45) is 6.06. The summed E-state index contributed by atoms with van der Waals surface area (Å²) in [4.78, 5) is 21.9. The molecule has 5 rings (SSSR count). The summed E-state index contributed by atoms with van der Waals surface area (Å²) < 4.78 is 7.24. The molecular formula is C19H17N5O2. The predicted octanol–water partition coefficient (Wildman–Crippen LogP) is 2.99. The average molecular weight is 347 g/mol. The lowest BCUT2D eigenvalue weighted by atomic mass is 10.1. The van der Waals surface area contributed by atoms with Crippen LogP contribution in [-0.4, -0.2) is 25.4 Å². The molecule has 0 radical (unpaired) electrons. The molecule has 0 spiro atoms. The number of carbonyl (C=O) groups excluding carboxylic acids is 1. The molecule has 1 saturated carbocycles. The van der Waals surface area contributed by atoms with Crippen molar-refractivity contribution in [3.8, 4) is 0 Å². The number of nitrogens with one attached hydrogen (secondary N) is 1. The van der Waals surface area contributed by atoms with Gasteiger partial charge in [-0.3, -0.25) is 4.79 Å². The molecule has 1 amide bonds. The van der Waals surface area contributed by atoms with Crippen molar-refractivity contribution in [3.05, 3.63) is 59.3 Å². The SMILES string of the molecule is Cc1noc2nc(C3CC3)cc(C(=O)NCc3cn4ccccc4n3)c12. The largest absolute Gasteiger partial charge is 0.346 e. The summed E-state index contributed by atoms with van der Waals surface area (Å²) in [7, 11) is 0. The highest BCUT2D eigenvalue weighted by molar-refractivity contribution is 6.06. The molecule has 0 saturated heterocycles. The summed E-state index contributed by atoms with van der Waals surface area (Å²) in [5.41, 5.74) is 4.25. The zero-order valence-corrected chi connectivity index (χ0v) is 14.3. The van der Waals surface area contributed by atoms with E-state index in [1.165, 1.54) is 0 Å². The van der Waals surface area contributed by atoms with Gasteiger partial charge >= 0.3 is 0 Å². The van der Waals surface area contributed by atoms with Crippen LogP contribution in [0.1, 0.15) is 46.2 Å². The van der Waals surface area contributed by atoms with Crippen LogP contribution in [0.5, 0.6) is 0 Å². The van der Waals surface area contributed by atoms with Crippen LogP contribution in [-0.2, 0) is 6.54 Å². The molecule has 26 heavy (non-hydrogen) atoms. The maximum absolute atomic E-state index is 12.8. The summed E-state index contributed by atoms with van der Waals surface area (Å²) in [6, 6.07) is 7.69. The van der Waals surface area contributed by atoms with Gasteiger partial charge in [0, 0.05) is 24.0 Å². The van der Waals surface area contributed by atoms with Gasteiger partial charge < -0.3 is 14.2 Å². The van der Waals surface area contributed by atoms with Crippen LogP contribution in [0.4, 0.5) is 0 Å². The third-order valence-electron chi connectivity index (χ3n) is 4.72. The van der Waals surface area contributed by atoms with Gasteiger partial charge in [-0.25, -0.2) is 9.97 Å². The van der Waals surface area contributed by atoms with Gasteiger partial charge in [-0.15, -0.1) is 0 Å². The second kappa shape index (κ2) is 5.66. The van der Waals surface area contributed by atoms with Gasteiger partial charge in [0.2, 0.25) is 0 Å². The molecule has 0 unspecified atom stereocenters. The van der Waals surface area contributed by atoms with Crippen molar-refractivity contribution in [2.24, 2.45) is 0 Å². The Hall–Kier alpha value is -3.22. The minimum absolute atomic E-state index is 0.164. The fourth-order valence-electron chi connectivity index (χ4n) is 3.22. The molecule has 4 aromatic heterocycles. The number of imidazole rings is 1. The third kappa shape index (κ3) is 2.52. The van der Waals surface area contributed by atoms with E-state index in [-0.39, 0.29) is 5.91 Å². The number of pyridine rings is 2. The predicted molar refractivity (Wildman–Crippen MR) is 94.9 cm³/mol. The first kappa shape index (κ1) is 15.1. The smallest absolute Gasteiger partial charge is 0.259 e. The van der Waals surface area contributed by atoms with Crippen LogP contribution in [0, 0.1) is 6.92 Å². The number of rotatable bonds is 4. The van der Waals surface area contributed by atoms with Crippen molar-refractivity contribution in [3.63, 3.8) is 0 Å². The molecule has 7 nitrogen and oxygen atoms in total. The lowest BCUT2D eigenvalue weighted by Crippen LogP contribution is -2.23. The molecule has 0 atom stereocenters. The number of hydrogen-bond donors (Lipinski definition) is 1. The number of hydrogen-bond acceptors (Lipinski definition) is 5. The van der Waals surface area contributed by atoms with Crippen LogP contribution in [0.25, 0.3) is 16.7 Å². The lowest BCUT2D eigenvalue weighted by Gasteiger charge is -2.06. The maximum Gasteiger partial charge on any atom is 0.259 e. The number of carbonyl (C=O) groups is 1. The van der Waals surface area contributed by atoms with Crippen molar-refractivity contribution >= 4 is 22.7 Å². The first-order chi connectivity index (χ1) is 12.7. The van der Waals surface area contributed by atoms with E-state index in [0.29, 0.717) is 34.8 Å². The van der Waals surface area contributed by atoms with Crippen molar-refractivity contribution in [1.82, 2.24) is 24.8 Å². The van der Waals surface area contributed by atoms with Gasteiger partial charge in [0.25, 0.3) is 11.6 Å². The molecule has 0 aliphatic heterocycles. The summed E-state index contributed by atoms with van der Waals surface area (Å²) in [5, 5.41) is 7.62. The van der Waals surface area contributed by atoms with Crippen LogP contribution in [0.15, 0.2) is 41.2 Å². The Morgan fingerprint density at radius 2 is 2.23 bits per heavy atom. The van der Waals surface area contributed by atoms with E-state index in [0.717, 1.165) is 29.9 Å². The van der Waals surface area contributed by atoms with E-state index in [9.17, 15) is 4.79 Å². The number of nitrogens with zero attached hydrogens (tertiary/aromatic N) is 4.